The van der Waals surface area contributed by atoms with Crippen LogP contribution in [-0.4, -0.2) is 50.1 Å². The van der Waals surface area contributed by atoms with E-state index in [0.29, 0.717) is 37.8 Å². The lowest BCUT2D eigenvalue weighted by Crippen LogP contribution is -2.46. The Labute approximate surface area is 161 Å². The first-order valence-electron chi connectivity index (χ1n) is 9.57. The largest absolute Gasteiger partial charge is 0.462 e. The fraction of sp³-hybridized carbons (Fsp3) is 0.450. The number of hydrogen-bond acceptors (Lipinski definition) is 6. The van der Waals surface area contributed by atoms with Gasteiger partial charge in [0.05, 0.1) is 43.8 Å². The van der Waals surface area contributed by atoms with Crippen LogP contribution >= 0.6 is 0 Å². The van der Waals surface area contributed by atoms with Crippen molar-refractivity contribution >= 4 is 11.6 Å². The zero-order valence-corrected chi connectivity index (χ0v) is 15.7. The zero-order valence-electron chi connectivity index (χ0n) is 15.7. The van der Waals surface area contributed by atoms with Gasteiger partial charge in [0.2, 0.25) is 0 Å². The number of imidazole rings is 1. The number of pyridine rings is 1. The van der Waals surface area contributed by atoms with Gasteiger partial charge < -0.3 is 19.0 Å². The highest BCUT2D eigenvalue weighted by atomic mass is 16.5. The standard InChI is InChI=1S/C20H22N4O4/c1-2-28-19(25)15-6-21-24(8-15)10-16-9-23-7-14(13-3-4-13)5-17(18(23)22-16)20(26)11-27-12-20/h5-9,13,26H,2-4,10-12H2,1H3. The molecule has 8 nitrogen and oxygen atoms in total. The molecular weight excluding hydrogens is 360 g/mol. The van der Waals surface area contributed by atoms with Crippen molar-refractivity contribution in [2.75, 3.05) is 19.8 Å². The first-order valence-corrected chi connectivity index (χ1v) is 9.57. The molecule has 4 heterocycles. The molecule has 3 aromatic heterocycles. The summed E-state index contributed by atoms with van der Waals surface area (Å²) >= 11 is 0. The van der Waals surface area contributed by atoms with Gasteiger partial charge in [-0.1, -0.05) is 0 Å². The lowest BCUT2D eigenvalue weighted by molar-refractivity contribution is -0.184. The minimum atomic E-state index is -0.975. The van der Waals surface area contributed by atoms with E-state index in [9.17, 15) is 9.90 Å². The Kier molecular flexibility index (Phi) is 3.99. The average molecular weight is 382 g/mol. The van der Waals surface area contributed by atoms with Crippen LogP contribution in [0.3, 0.4) is 0 Å². The predicted octanol–water partition coefficient (Wildman–Crippen LogP) is 1.85. The number of carbonyl (C=O) groups is 1. The molecule has 0 bridgehead atoms. The molecule has 1 aliphatic heterocycles. The molecule has 1 saturated carbocycles. The van der Waals surface area contributed by atoms with Gasteiger partial charge in [0, 0.05) is 24.2 Å². The highest BCUT2D eigenvalue weighted by Gasteiger charge is 2.41. The van der Waals surface area contributed by atoms with Crippen molar-refractivity contribution < 1.29 is 19.4 Å². The summed E-state index contributed by atoms with van der Waals surface area (Å²) in [5, 5.41) is 15.1. The SMILES string of the molecule is CCOC(=O)c1cnn(Cc2cn3cc(C4CC4)cc(C4(O)COC4)c3n2)c1. The fourth-order valence-electron chi connectivity index (χ4n) is 3.62. The highest BCUT2D eigenvalue weighted by molar-refractivity contribution is 5.88. The maximum atomic E-state index is 11.8. The van der Waals surface area contributed by atoms with Gasteiger partial charge in [-0.25, -0.2) is 9.78 Å². The van der Waals surface area contributed by atoms with Gasteiger partial charge in [-0.2, -0.15) is 5.10 Å². The zero-order chi connectivity index (χ0) is 19.3. The van der Waals surface area contributed by atoms with E-state index in [4.69, 9.17) is 14.5 Å². The molecule has 8 heteroatoms. The van der Waals surface area contributed by atoms with Gasteiger partial charge in [0.1, 0.15) is 11.2 Å². The molecule has 146 valence electrons. The van der Waals surface area contributed by atoms with Crippen molar-refractivity contribution in [2.45, 2.75) is 37.8 Å². The van der Waals surface area contributed by atoms with Crippen molar-refractivity contribution in [3.63, 3.8) is 0 Å². The number of carbonyl (C=O) groups excluding carboxylic acids is 1. The molecule has 0 unspecified atom stereocenters. The minimum absolute atomic E-state index is 0.293. The molecule has 5 rings (SSSR count). The third kappa shape index (κ3) is 2.98. The molecule has 0 amide bonds. The van der Waals surface area contributed by atoms with Crippen molar-refractivity contribution in [3.8, 4) is 0 Å². The van der Waals surface area contributed by atoms with Gasteiger partial charge in [0.25, 0.3) is 0 Å². The van der Waals surface area contributed by atoms with Crippen LogP contribution in [0.5, 0.6) is 0 Å². The van der Waals surface area contributed by atoms with Crippen LogP contribution in [-0.2, 0) is 21.6 Å². The molecule has 1 aliphatic carbocycles. The van der Waals surface area contributed by atoms with Crippen molar-refractivity contribution in [1.82, 2.24) is 19.2 Å². The van der Waals surface area contributed by atoms with Gasteiger partial charge in [0.15, 0.2) is 0 Å². The van der Waals surface area contributed by atoms with E-state index in [0.717, 1.165) is 16.9 Å². The van der Waals surface area contributed by atoms with Crippen LogP contribution in [0.25, 0.3) is 5.65 Å². The van der Waals surface area contributed by atoms with Gasteiger partial charge in [-0.15, -0.1) is 0 Å². The van der Waals surface area contributed by atoms with Crippen LogP contribution in [0.1, 0.15) is 52.9 Å². The Hall–Kier alpha value is -2.71. The van der Waals surface area contributed by atoms with Crippen molar-refractivity contribution in [1.29, 1.82) is 0 Å². The van der Waals surface area contributed by atoms with E-state index in [2.05, 4.69) is 17.4 Å². The monoisotopic (exact) mass is 382 g/mol. The molecule has 28 heavy (non-hydrogen) atoms. The lowest BCUT2D eigenvalue weighted by atomic mass is 9.91. The second kappa shape index (κ2) is 6.42. The molecule has 0 atom stereocenters. The molecule has 1 saturated heterocycles. The summed E-state index contributed by atoms with van der Waals surface area (Å²) in [6.07, 6.45) is 9.59. The first kappa shape index (κ1) is 17.4. The number of hydrogen-bond donors (Lipinski definition) is 1. The number of aromatic nitrogens is 4. The molecule has 2 fully saturated rings. The second-order valence-corrected chi connectivity index (χ2v) is 7.60. The highest BCUT2D eigenvalue weighted by Crippen LogP contribution is 2.42. The van der Waals surface area contributed by atoms with E-state index in [-0.39, 0.29) is 5.97 Å². The summed E-state index contributed by atoms with van der Waals surface area (Å²) < 4.78 is 13.9. The Balaban J connectivity index is 1.48. The van der Waals surface area contributed by atoms with Crippen LogP contribution in [0.2, 0.25) is 0 Å². The summed E-state index contributed by atoms with van der Waals surface area (Å²) in [5.41, 5.74) is 3.04. The molecular formula is C20H22N4O4. The van der Waals surface area contributed by atoms with Crippen molar-refractivity contribution in [3.05, 3.63) is 53.2 Å². The number of nitrogens with zero attached hydrogens (tertiary/aromatic N) is 4. The summed E-state index contributed by atoms with van der Waals surface area (Å²) in [6.45, 7) is 3.11. The lowest BCUT2D eigenvalue weighted by Gasteiger charge is -2.37. The average Bonchev–Trinajstić information content (AvgIpc) is 3.26. The summed E-state index contributed by atoms with van der Waals surface area (Å²) in [5.74, 6) is 0.184. The van der Waals surface area contributed by atoms with Crippen molar-refractivity contribution in [2.24, 2.45) is 0 Å². The Morgan fingerprint density at radius 1 is 1.36 bits per heavy atom. The molecule has 0 radical (unpaired) electrons. The van der Waals surface area contributed by atoms with E-state index in [1.165, 1.54) is 24.6 Å². The molecule has 2 aliphatic rings. The number of ether oxygens (including phenoxy) is 2. The predicted molar refractivity (Wildman–Crippen MR) is 99.2 cm³/mol. The topological polar surface area (TPSA) is 90.9 Å². The summed E-state index contributed by atoms with van der Waals surface area (Å²) in [7, 11) is 0. The fourth-order valence-corrected chi connectivity index (χ4v) is 3.62. The maximum Gasteiger partial charge on any atom is 0.341 e. The summed E-state index contributed by atoms with van der Waals surface area (Å²) in [4.78, 5) is 16.6. The smallest absolute Gasteiger partial charge is 0.341 e. The molecule has 0 spiro atoms. The van der Waals surface area contributed by atoms with Gasteiger partial charge >= 0.3 is 5.97 Å². The molecule has 3 aromatic rings. The second-order valence-electron chi connectivity index (χ2n) is 7.60. The third-order valence-corrected chi connectivity index (χ3v) is 5.32. The van der Waals surface area contributed by atoms with Gasteiger partial charge in [-0.05, 0) is 37.3 Å². The van der Waals surface area contributed by atoms with E-state index >= 15 is 0 Å². The number of aliphatic hydroxyl groups is 1. The van der Waals surface area contributed by atoms with Crippen LogP contribution < -0.4 is 0 Å². The Morgan fingerprint density at radius 2 is 2.18 bits per heavy atom. The van der Waals surface area contributed by atoms with Crippen LogP contribution in [0.15, 0.2) is 30.9 Å². The normalized spacial score (nSPS) is 18.2. The van der Waals surface area contributed by atoms with E-state index in [1.54, 1.807) is 17.8 Å². The van der Waals surface area contributed by atoms with Crippen LogP contribution in [0, 0.1) is 0 Å². The van der Waals surface area contributed by atoms with Crippen LogP contribution in [0.4, 0.5) is 0 Å². The molecule has 1 N–H and O–H groups in total. The maximum absolute atomic E-state index is 11.8. The Bertz CT molecular complexity index is 1050. The molecule has 0 aromatic carbocycles. The summed E-state index contributed by atoms with van der Waals surface area (Å²) in [6, 6.07) is 2.08. The van der Waals surface area contributed by atoms with E-state index in [1.807, 2.05) is 10.6 Å². The number of fused-ring (bicyclic) bond motifs is 1. The number of rotatable bonds is 6. The Morgan fingerprint density at radius 3 is 2.86 bits per heavy atom. The first-order chi connectivity index (χ1) is 13.6. The quantitative estimate of drug-likeness (QED) is 0.655. The third-order valence-electron chi connectivity index (χ3n) is 5.32. The number of esters is 1. The minimum Gasteiger partial charge on any atom is -0.462 e. The van der Waals surface area contributed by atoms with Gasteiger partial charge in [-0.3, -0.25) is 4.68 Å². The van der Waals surface area contributed by atoms with E-state index < -0.39 is 5.60 Å².